The Kier molecular flexibility index (Phi) is 5.95. The summed E-state index contributed by atoms with van der Waals surface area (Å²) in [5.74, 6) is 0.538. The molecule has 1 N–H and O–H groups in total. The van der Waals surface area contributed by atoms with Crippen molar-refractivity contribution in [1.82, 2.24) is 19.9 Å². The van der Waals surface area contributed by atoms with Crippen molar-refractivity contribution in [2.45, 2.75) is 25.8 Å². The summed E-state index contributed by atoms with van der Waals surface area (Å²) in [7, 11) is 3.30. The molecule has 0 atom stereocenters. The first kappa shape index (κ1) is 19.2. The topological polar surface area (TPSA) is 89.4 Å². The van der Waals surface area contributed by atoms with Crippen LogP contribution in [0.2, 0.25) is 5.02 Å². The van der Waals surface area contributed by atoms with Crippen LogP contribution in [0.1, 0.15) is 29.8 Å². The number of carbonyl (C=O) groups excluding carboxylic acids is 2. The van der Waals surface area contributed by atoms with Gasteiger partial charge in [-0.2, -0.15) is 0 Å². The van der Waals surface area contributed by atoms with Gasteiger partial charge in [-0.15, -0.1) is 5.10 Å². The van der Waals surface area contributed by atoms with Gasteiger partial charge in [-0.25, -0.2) is 4.68 Å². The number of carbonyl (C=O) groups is 2. The van der Waals surface area contributed by atoms with Crippen molar-refractivity contribution >= 4 is 29.1 Å². The van der Waals surface area contributed by atoms with Gasteiger partial charge in [-0.1, -0.05) is 23.2 Å². The van der Waals surface area contributed by atoms with Gasteiger partial charge >= 0.3 is 0 Å². The van der Waals surface area contributed by atoms with E-state index < -0.39 is 5.91 Å². The molecule has 8 nitrogen and oxygen atoms in total. The van der Waals surface area contributed by atoms with E-state index in [2.05, 4.69) is 15.6 Å². The average Bonchev–Trinajstić information content (AvgIpc) is 3.03. The lowest BCUT2D eigenvalue weighted by atomic mass is 9.86. The maximum absolute atomic E-state index is 12.5. The fourth-order valence-corrected chi connectivity index (χ4v) is 2.71. The van der Waals surface area contributed by atoms with Crippen LogP contribution in [0.25, 0.3) is 0 Å². The monoisotopic (exact) mass is 391 g/mol. The summed E-state index contributed by atoms with van der Waals surface area (Å²) in [4.78, 5) is 25.7. The number of ether oxygens (including phenoxy) is 1. The second kappa shape index (κ2) is 8.39. The summed E-state index contributed by atoms with van der Waals surface area (Å²) in [5.41, 5.74) is 0.581. The number of benzene rings is 1. The summed E-state index contributed by atoms with van der Waals surface area (Å²) < 4.78 is 7.17. The summed E-state index contributed by atoms with van der Waals surface area (Å²) in [6, 6.07) is 5.09. The van der Waals surface area contributed by atoms with Gasteiger partial charge in [0.25, 0.3) is 5.91 Å². The van der Waals surface area contributed by atoms with Crippen LogP contribution in [0.5, 0.6) is 5.75 Å². The summed E-state index contributed by atoms with van der Waals surface area (Å²) in [6.07, 6.45) is 5.01. The summed E-state index contributed by atoms with van der Waals surface area (Å²) >= 11 is 6.06. The van der Waals surface area contributed by atoms with E-state index in [1.807, 2.05) is 0 Å². The number of hydrogen-bond acceptors (Lipinski definition) is 5. The maximum atomic E-state index is 12.5. The maximum Gasteiger partial charge on any atom is 0.277 e. The van der Waals surface area contributed by atoms with Crippen molar-refractivity contribution in [3.63, 3.8) is 0 Å². The SMILES string of the molecule is CN(C)C(=O)Cn1cc(C(=O)Nc2cc(Cl)ccc2OCC2CCC2)nn1. The Bertz CT molecular complexity index is 832. The molecule has 1 saturated carbocycles. The molecule has 1 heterocycles. The van der Waals surface area contributed by atoms with Gasteiger partial charge in [0.2, 0.25) is 5.91 Å². The highest BCUT2D eigenvalue weighted by molar-refractivity contribution is 6.31. The number of rotatable bonds is 7. The molecule has 27 heavy (non-hydrogen) atoms. The molecule has 1 aliphatic carbocycles. The minimum absolute atomic E-state index is 0.0141. The molecular weight excluding hydrogens is 370 g/mol. The zero-order chi connectivity index (χ0) is 19.4. The Labute approximate surface area is 162 Å². The lowest BCUT2D eigenvalue weighted by Crippen LogP contribution is -2.26. The van der Waals surface area contributed by atoms with Crippen molar-refractivity contribution < 1.29 is 14.3 Å². The molecule has 2 amide bonds. The lowest BCUT2D eigenvalue weighted by molar-refractivity contribution is -0.129. The van der Waals surface area contributed by atoms with Gasteiger partial charge in [0.1, 0.15) is 12.3 Å². The second-order valence-electron chi connectivity index (χ2n) is 6.79. The first-order valence-electron chi connectivity index (χ1n) is 8.76. The molecule has 9 heteroatoms. The third-order valence-corrected chi connectivity index (χ3v) is 4.69. The number of amides is 2. The van der Waals surface area contributed by atoms with Crippen LogP contribution in [-0.2, 0) is 11.3 Å². The standard InChI is InChI=1S/C18H22ClN5O3/c1-23(2)17(25)10-24-9-15(21-22-24)18(26)20-14-8-13(19)6-7-16(14)27-11-12-4-3-5-12/h6-9,12H,3-5,10-11H2,1-2H3,(H,20,26). The van der Waals surface area contributed by atoms with E-state index >= 15 is 0 Å². The number of aromatic nitrogens is 3. The number of nitrogens with zero attached hydrogens (tertiary/aromatic N) is 4. The smallest absolute Gasteiger partial charge is 0.277 e. The zero-order valence-corrected chi connectivity index (χ0v) is 16.1. The van der Waals surface area contributed by atoms with Crippen LogP contribution in [0.15, 0.2) is 24.4 Å². The predicted molar refractivity (Wildman–Crippen MR) is 101 cm³/mol. The van der Waals surface area contributed by atoms with Gasteiger partial charge in [0, 0.05) is 19.1 Å². The third kappa shape index (κ3) is 4.97. The normalized spacial score (nSPS) is 13.7. The van der Waals surface area contributed by atoms with Crippen LogP contribution in [0.4, 0.5) is 5.69 Å². The van der Waals surface area contributed by atoms with Crippen molar-refractivity contribution in [1.29, 1.82) is 0 Å². The largest absolute Gasteiger partial charge is 0.491 e. The minimum Gasteiger partial charge on any atom is -0.491 e. The van der Waals surface area contributed by atoms with E-state index in [0.717, 1.165) is 0 Å². The molecule has 3 rings (SSSR count). The quantitative estimate of drug-likeness (QED) is 0.783. The molecule has 1 aliphatic rings. The van der Waals surface area contributed by atoms with Crippen LogP contribution in [0, 0.1) is 5.92 Å². The Hall–Kier alpha value is -2.61. The fraction of sp³-hybridized carbons (Fsp3) is 0.444. The molecular formula is C18H22ClN5O3. The molecule has 0 radical (unpaired) electrons. The zero-order valence-electron chi connectivity index (χ0n) is 15.3. The molecule has 144 valence electrons. The van der Waals surface area contributed by atoms with Crippen LogP contribution >= 0.6 is 11.6 Å². The Morgan fingerprint density at radius 1 is 1.37 bits per heavy atom. The third-order valence-electron chi connectivity index (χ3n) is 4.46. The highest BCUT2D eigenvalue weighted by atomic mass is 35.5. The van der Waals surface area contributed by atoms with E-state index in [1.165, 1.54) is 35.0 Å². The highest BCUT2D eigenvalue weighted by Crippen LogP contribution is 2.31. The Morgan fingerprint density at radius 3 is 2.81 bits per heavy atom. The first-order valence-corrected chi connectivity index (χ1v) is 9.14. The van der Waals surface area contributed by atoms with Gasteiger partial charge in [0.15, 0.2) is 5.69 Å². The number of hydrogen-bond donors (Lipinski definition) is 1. The van der Waals surface area contributed by atoms with E-state index in [9.17, 15) is 9.59 Å². The molecule has 0 spiro atoms. The van der Waals surface area contributed by atoms with Gasteiger partial charge in [-0.3, -0.25) is 9.59 Å². The van der Waals surface area contributed by atoms with Gasteiger partial charge in [-0.05, 0) is 37.0 Å². The van der Waals surface area contributed by atoms with E-state index in [-0.39, 0.29) is 18.1 Å². The van der Waals surface area contributed by atoms with Gasteiger partial charge in [0.05, 0.1) is 18.5 Å². The molecule has 1 aromatic heterocycles. The lowest BCUT2D eigenvalue weighted by Gasteiger charge is -2.25. The van der Waals surface area contributed by atoms with E-state index in [0.29, 0.717) is 29.0 Å². The number of nitrogens with one attached hydrogen (secondary N) is 1. The second-order valence-corrected chi connectivity index (χ2v) is 7.23. The Balaban J connectivity index is 1.67. The summed E-state index contributed by atoms with van der Waals surface area (Å²) in [5, 5.41) is 10.9. The number of anilines is 1. The van der Waals surface area contributed by atoms with Gasteiger partial charge < -0.3 is 15.0 Å². The molecule has 1 fully saturated rings. The van der Waals surface area contributed by atoms with Crippen LogP contribution < -0.4 is 10.1 Å². The van der Waals surface area contributed by atoms with Crippen molar-refractivity contribution in [3.05, 3.63) is 35.1 Å². The Morgan fingerprint density at radius 2 is 2.15 bits per heavy atom. The molecule has 1 aromatic carbocycles. The fourth-order valence-electron chi connectivity index (χ4n) is 2.54. The van der Waals surface area contributed by atoms with E-state index in [4.69, 9.17) is 16.3 Å². The van der Waals surface area contributed by atoms with E-state index in [1.54, 1.807) is 32.3 Å². The average molecular weight is 392 g/mol. The number of halogens is 1. The van der Waals surface area contributed by atoms with Crippen LogP contribution in [0.3, 0.4) is 0 Å². The summed E-state index contributed by atoms with van der Waals surface area (Å²) in [6.45, 7) is 0.632. The predicted octanol–water partition coefficient (Wildman–Crippen LogP) is 2.45. The molecule has 0 bridgehead atoms. The van der Waals surface area contributed by atoms with Crippen molar-refractivity contribution in [2.24, 2.45) is 5.92 Å². The minimum atomic E-state index is -0.450. The van der Waals surface area contributed by atoms with Crippen LogP contribution in [-0.4, -0.2) is 52.4 Å². The van der Waals surface area contributed by atoms with Crippen molar-refractivity contribution in [3.8, 4) is 5.75 Å². The molecule has 0 unspecified atom stereocenters. The molecule has 0 saturated heterocycles. The highest BCUT2D eigenvalue weighted by Gasteiger charge is 2.20. The molecule has 2 aromatic rings. The van der Waals surface area contributed by atoms with Crippen molar-refractivity contribution in [2.75, 3.05) is 26.0 Å². The number of likely N-dealkylation sites (N-methyl/N-ethyl adjacent to an activating group) is 1. The molecule has 0 aliphatic heterocycles. The first-order chi connectivity index (χ1) is 12.9.